The van der Waals surface area contributed by atoms with Gasteiger partial charge in [-0.25, -0.2) is 0 Å². The first-order valence-corrected chi connectivity index (χ1v) is 5.62. The van der Waals surface area contributed by atoms with Crippen molar-refractivity contribution in [1.82, 2.24) is 10.2 Å². The lowest BCUT2D eigenvalue weighted by Gasteiger charge is -2.29. The average Bonchev–Trinajstić information content (AvgIpc) is 2.43. The fraction of sp³-hybridized carbons (Fsp3) is 0.636. The minimum Gasteiger partial charge on any atom is -0.469 e. The molecule has 0 aromatic heterocycles. The van der Waals surface area contributed by atoms with Crippen molar-refractivity contribution in [3.05, 3.63) is 0 Å². The molecule has 0 radical (unpaired) electrons. The van der Waals surface area contributed by atoms with E-state index in [-0.39, 0.29) is 18.4 Å². The van der Waals surface area contributed by atoms with Crippen LogP contribution in [0.3, 0.4) is 0 Å². The van der Waals surface area contributed by atoms with Gasteiger partial charge < -0.3 is 15.0 Å². The van der Waals surface area contributed by atoms with E-state index in [1.807, 2.05) is 0 Å². The van der Waals surface area contributed by atoms with Crippen LogP contribution in [0.5, 0.6) is 0 Å². The summed E-state index contributed by atoms with van der Waals surface area (Å²) in [5.41, 5.74) is 0. The topological polar surface area (TPSA) is 99.5 Å². The van der Waals surface area contributed by atoms with Crippen LogP contribution in [-0.2, 0) is 19.1 Å². The monoisotopic (exact) mass is 253 g/mol. The number of nitrogens with zero attached hydrogens (tertiary/aromatic N) is 2. The number of rotatable bonds is 2. The summed E-state index contributed by atoms with van der Waals surface area (Å²) in [4.78, 5) is 35.6. The SMILES string of the molecule is COC(=O)C1CCN(C(=O)C(=O)NCC#N)CC1. The van der Waals surface area contributed by atoms with Crippen LogP contribution in [0.1, 0.15) is 12.8 Å². The number of amides is 2. The summed E-state index contributed by atoms with van der Waals surface area (Å²) in [6.07, 6.45) is 0.980. The molecule has 1 N–H and O–H groups in total. The Morgan fingerprint density at radius 2 is 2.00 bits per heavy atom. The average molecular weight is 253 g/mol. The van der Waals surface area contributed by atoms with E-state index >= 15 is 0 Å². The molecule has 0 atom stereocenters. The molecule has 0 saturated carbocycles. The Hall–Kier alpha value is -2.10. The molecule has 1 rings (SSSR count). The van der Waals surface area contributed by atoms with Gasteiger partial charge in [-0.15, -0.1) is 0 Å². The zero-order valence-electron chi connectivity index (χ0n) is 10.1. The second kappa shape index (κ2) is 6.59. The van der Waals surface area contributed by atoms with Crippen molar-refractivity contribution in [3.8, 4) is 6.07 Å². The second-order valence-corrected chi connectivity index (χ2v) is 3.93. The molecular weight excluding hydrogens is 238 g/mol. The number of ether oxygens (including phenoxy) is 1. The highest BCUT2D eigenvalue weighted by Gasteiger charge is 2.30. The van der Waals surface area contributed by atoms with Gasteiger partial charge in [-0.3, -0.25) is 14.4 Å². The van der Waals surface area contributed by atoms with Gasteiger partial charge in [-0.2, -0.15) is 5.26 Å². The fourth-order valence-electron chi connectivity index (χ4n) is 1.82. The Morgan fingerprint density at radius 1 is 1.39 bits per heavy atom. The van der Waals surface area contributed by atoms with E-state index in [9.17, 15) is 14.4 Å². The van der Waals surface area contributed by atoms with Crippen LogP contribution < -0.4 is 5.32 Å². The molecule has 98 valence electrons. The molecule has 0 bridgehead atoms. The number of carbonyl (C=O) groups excluding carboxylic acids is 3. The summed E-state index contributed by atoms with van der Waals surface area (Å²) in [5, 5.41) is 10.5. The van der Waals surface area contributed by atoms with E-state index in [4.69, 9.17) is 5.26 Å². The number of piperidine rings is 1. The van der Waals surface area contributed by atoms with Crippen LogP contribution >= 0.6 is 0 Å². The van der Waals surface area contributed by atoms with Crippen molar-refractivity contribution in [3.63, 3.8) is 0 Å². The highest BCUT2D eigenvalue weighted by atomic mass is 16.5. The predicted molar refractivity (Wildman–Crippen MR) is 59.9 cm³/mol. The molecule has 0 aliphatic carbocycles. The van der Waals surface area contributed by atoms with Crippen LogP contribution in [0, 0.1) is 17.2 Å². The number of nitrogens with one attached hydrogen (secondary N) is 1. The van der Waals surface area contributed by atoms with Gasteiger partial charge in [0.15, 0.2) is 0 Å². The first kappa shape index (κ1) is 14.0. The van der Waals surface area contributed by atoms with Crippen LogP contribution in [0.25, 0.3) is 0 Å². The molecule has 1 aliphatic heterocycles. The van der Waals surface area contributed by atoms with Crippen LogP contribution in [0.15, 0.2) is 0 Å². The minimum absolute atomic E-state index is 0.191. The molecule has 7 heteroatoms. The van der Waals surface area contributed by atoms with Gasteiger partial charge in [0.1, 0.15) is 6.54 Å². The van der Waals surface area contributed by atoms with E-state index in [0.29, 0.717) is 25.9 Å². The first-order chi connectivity index (χ1) is 8.60. The number of carbonyl (C=O) groups is 3. The van der Waals surface area contributed by atoms with Crippen LogP contribution in [0.2, 0.25) is 0 Å². The van der Waals surface area contributed by atoms with Gasteiger partial charge in [0.25, 0.3) is 0 Å². The summed E-state index contributed by atoms with van der Waals surface area (Å²) in [7, 11) is 1.33. The summed E-state index contributed by atoms with van der Waals surface area (Å²) in [5.74, 6) is -1.93. The Morgan fingerprint density at radius 3 is 2.50 bits per heavy atom. The lowest BCUT2D eigenvalue weighted by atomic mass is 9.97. The number of esters is 1. The van der Waals surface area contributed by atoms with Gasteiger partial charge in [0.2, 0.25) is 0 Å². The van der Waals surface area contributed by atoms with Crippen molar-refractivity contribution in [2.45, 2.75) is 12.8 Å². The van der Waals surface area contributed by atoms with E-state index in [2.05, 4.69) is 10.1 Å². The van der Waals surface area contributed by atoms with E-state index in [0.717, 1.165) is 0 Å². The minimum atomic E-state index is -0.784. The molecule has 7 nitrogen and oxygen atoms in total. The third kappa shape index (κ3) is 3.45. The third-order valence-electron chi connectivity index (χ3n) is 2.84. The molecule has 0 aromatic carbocycles. The highest BCUT2D eigenvalue weighted by molar-refractivity contribution is 6.35. The molecule has 1 saturated heterocycles. The molecular formula is C11H15N3O4. The smallest absolute Gasteiger partial charge is 0.311 e. The number of hydrogen-bond acceptors (Lipinski definition) is 5. The quantitative estimate of drug-likeness (QED) is 0.388. The second-order valence-electron chi connectivity index (χ2n) is 3.93. The molecule has 18 heavy (non-hydrogen) atoms. The maximum Gasteiger partial charge on any atom is 0.311 e. The van der Waals surface area contributed by atoms with Crippen molar-refractivity contribution < 1.29 is 19.1 Å². The lowest BCUT2D eigenvalue weighted by Crippen LogP contribution is -2.47. The summed E-state index contributed by atoms with van der Waals surface area (Å²) in [6, 6.07) is 1.72. The molecule has 2 amide bonds. The maximum absolute atomic E-state index is 11.6. The van der Waals surface area contributed by atoms with Gasteiger partial charge in [0.05, 0.1) is 19.1 Å². The molecule has 0 unspecified atom stereocenters. The molecule has 1 heterocycles. The Kier molecular flexibility index (Phi) is 5.11. The highest BCUT2D eigenvalue weighted by Crippen LogP contribution is 2.18. The van der Waals surface area contributed by atoms with E-state index in [1.54, 1.807) is 6.07 Å². The zero-order chi connectivity index (χ0) is 13.5. The normalized spacial score (nSPS) is 15.7. The molecule has 0 aromatic rings. The number of nitriles is 1. The van der Waals surface area contributed by atoms with E-state index < -0.39 is 11.8 Å². The largest absolute Gasteiger partial charge is 0.469 e. The van der Waals surface area contributed by atoms with Crippen molar-refractivity contribution in [2.75, 3.05) is 26.7 Å². The van der Waals surface area contributed by atoms with Crippen LogP contribution in [-0.4, -0.2) is 49.4 Å². The number of hydrogen-bond donors (Lipinski definition) is 1. The summed E-state index contributed by atoms with van der Waals surface area (Å²) in [6.45, 7) is 0.500. The van der Waals surface area contributed by atoms with Crippen LogP contribution in [0.4, 0.5) is 0 Å². The van der Waals surface area contributed by atoms with Crippen molar-refractivity contribution in [1.29, 1.82) is 5.26 Å². The Labute approximate surface area is 105 Å². The fourth-order valence-corrected chi connectivity index (χ4v) is 1.82. The van der Waals surface area contributed by atoms with Crippen molar-refractivity contribution in [2.24, 2.45) is 5.92 Å². The Balaban J connectivity index is 2.43. The Bertz CT molecular complexity index is 380. The maximum atomic E-state index is 11.6. The molecule has 1 fully saturated rings. The number of methoxy groups -OCH3 is 1. The molecule has 0 spiro atoms. The standard InChI is InChI=1S/C11H15N3O4/c1-18-11(17)8-2-6-14(7-3-8)10(16)9(15)13-5-4-12/h8H,2-3,5-7H2,1H3,(H,13,15). The predicted octanol–water partition coefficient (Wildman–Crippen LogP) is -0.962. The summed E-state index contributed by atoms with van der Waals surface area (Å²) < 4.78 is 4.63. The third-order valence-corrected chi connectivity index (χ3v) is 2.84. The van der Waals surface area contributed by atoms with E-state index in [1.165, 1.54) is 12.0 Å². The van der Waals surface area contributed by atoms with Gasteiger partial charge >= 0.3 is 17.8 Å². The number of likely N-dealkylation sites (tertiary alicyclic amines) is 1. The summed E-state index contributed by atoms with van der Waals surface area (Å²) >= 11 is 0. The van der Waals surface area contributed by atoms with Gasteiger partial charge in [0, 0.05) is 13.1 Å². The lowest BCUT2D eigenvalue weighted by molar-refractivity contribution is -0.151. The van der Waals surface area contributed by atoms with Gasteiger partial charge in [-0.05, 0) is 12.8 Å². The van der Waals surface area contributed by atoms with Gasteiger partial charge in [-0.1, -0.05) is 0 Å². The molecule has 1 aliphatic rings. The zero-order valence-corrected chi connectivity index (χ0v) is 10.1. The first-order valence-electron chi connectivity index (χ1n) is 5.62. The van der Waals surface area contributed by atoms with Crippen molar-refractivity contribution >= 4 is 17.8 Å².